The maximum atomic E-state index is 5.36. The zero-order valence-electron chi connectivity index (χ0n) is 17.5. The topological polar surface area (TPSA) is 86.3 Å². The Labute approximate surface area is 168 Å². The van der Waals surface area contributed by atoms with Crippen LogP contribution in [0.15, 0.2) is 11.1 Å². The van der Waals surface area contributed by atoms with Crippen LogP contribution in [0.1, 0.15) is 58.8 Å². The van der Waals surface area contributed by atoms with Gasteiger partial charge in [0.15, 0.2) is 5.11 Å². The minimum atomic E-state index is 0.0135. The third-order valence-electron chi connectivity index (χ3n) is 4.26. The predicted molar refractivity (Wildman–Crippen MR) is 116 cm³/mol. The number of guanidine groups is 1. The Kier molecular flexibility index (Phi) is 6.75. The molecule has 1 saturated heterocycles. The van der Waals surface area contributed by atoms with Crippen molar-refractivity contribution in [3.05, 3.63) is 17.5 Å². The van der Waals surface area contributed by atoms with Gasteiger partial charge in [-0.05, 0) is 79.6 Å². The third kappa shape index (κ3) is 7.03. The highest BCUT2D eigenvalue weighted by molar-refractivity contribution is 7.80. The van der Waals surface area contributed by atoms with E-state index in [1.807, 2.05) is 26.8 Å². The number of nitrogens with one attached hydrogen (secondary N) is 4. The summed E-state index contributed by atoms with van der Waals surface area (Å²) in [4.78, 5) is 13.9. The number of aliphatic imine (C=N–C) groups is 1. The van der Waals surface area contributed by atoms with Gasteiger partial charge in [0.05, 0.1) is 6.04 Å². The average molecular weight is 392 g/mol. The molecule has 0 unspecified atom stereocenters. The molecule has 1 aromatic heterocycles. The highest BCUT2D eigenvalue weighted by Crippen LogP contribution is 2.30. The molecule has 4 N–H and O–H groups in total. The molecule has 1 aliphatic rings. The van der Waals surface area contributed by atoms with Gasteiger partial charge in [0.25, 0.3) is 0 Å². The van der Waals surface area contributed by atoms with Crippen LogP contribution in [0.5, 0.6) is 0 Å². The average Bonchev–Trinajstić information content (AvgIpc) is 2.42. The van der Waals surface area contributed by atoms with Gasteiger partial charge in [-0.2, -0.15) is 0 Å². The fourth-order valence-corrected chi connectivity index (χ4v) is 4.08. The molecule has 2 heterocycles. The quantitative estimate of drug-likeness (QED) is 0.358. The molecule has 0 bridgehead atoms. The summed E-state index contributed by atoms with van der Waals surface area (Å²) in [6.45, 7) is 15.5. The Balaban J connectivity index is 2.27. The van der Waals surface area contributed by atoms with Gasteiger partial charge in [-0.25, -0.2) is 15.0 Å². The van der Waals surface area contributed by atoms with Gasteiger partial charge >= 0.3 is 0 Å². The van der Waals surface area contributed by atoms with Crippen molar-refractivity contribution < 1.29 is 0 Å². The Bertz CT molecular complexity index is 676. The first-order chi connectivity index (χ1) is 12.5. The number of aryl methyl sites for hydroxylation is 2. The number of thiocarbonyl (C=S) groups is 1. The van der Waals surface area contributed by atoms with Crippen LogP contribution in [-0.4, -0.2) is 44.7 Å². The van der Waals surface area contributed by atoms with E-state index in [1.54, 1.807) is 0 Å². The number of hydrogen-bond donors (Lipinski definition) is 4. The van der Waals surface area contributed by atoms with Gasteiger partial charge in [0, 0.05) is 29.0 Å². The molecule has 1 aliphatic heterocycles. The second-order valence-electron chi connectivity index (χ2n) is 8.52. The van der Waals surface area contributed by atoms with Crippen LogP contribution in [0.2, 0.25) is 0 Å². The molecule has 27 heavy (non-hydrogen) atoms. The molecule has 1 fully saturated rings. The zero-order chi connectivity index (χ0) is 20.2. The summed E-state index contributed by atoms with van der Waals surface area (Å²) in [6.07, 6.45) is 1.87. The lowest BCUT2D eigenvalue weighted by Crippen LogP contribution is -2.59. The van der Waals surface area contributed by atoms with E-state index in [0.29, 0.717) is 17.0 Å². The lowest BCUT2D eigenvalue weighted by atomic mass is 9.80. The first kappa shape index (κ1) is 21.5. The van der Waals surface area contributed by atoms with Crippen LogP contribution in [0.3, 0.4) is 0 Å². The molecule has 2 rings (SSSR count). The van der Waals surface area contributed by atoms with Crippen molar-refractivity contribution in [2.24, 2.45) is 4.99 Å². The van der Waals surface area contributed by atoms with E-state index < -0.39 is 0 Å². The Morgan fingerprint density at radius 1 is 1.19 bits per heavy atom. The Hall–Kier alpha value is -1.80. The van der Waals surface area contributed by atoms with Crippen molar-refractivity contribution in [1.82, 2.24) is 25.9 Å². The van der Waals surface area contributed by atoms with E-state index in [1.165, 1.54) is 0 Å². The monoisotopic (exact) mass is 391 g/mol. The molecule has 0 atom stereocenters. The lowest BCUT2D eigenvalue weighted by molar-refractivity contribution is 0.164. The molecule has 0 spiro atoms. The molecule has 1 aromatic rings. The summed E-state index contributed by atoms with van der Waals surface area (Å²) in [5, 5.41) is 13.7. The van der Waals surface area contributed by atoms with Crippen molar-refractivity contribution >= 4 is 29.2 Å². The highest BCUT2D eigenvalue weighted by Gasteiger charge is 2.37. The van der Waals surface area contributed by atoms with Crippen molar-refractivity contribution in [3.8, 4) is 0 Å². The van der Waals surface area contributed by atoms with Crippen molar-refractivity contribution in [3.63, 3.8) is 0 Å². The molecule has 0 aromatic carbocycles. The minimum absolute atomic E-state index is 0.0135. The van der Waals surface area contributed by atoms with Crippen LogP contribution in [0, 0.1) is 13.8 Å². The van der Waals surface area contributed by atoms with E-state index >= 15 is 0 Å². The molecular formula is C19H33N7S. The van der Waals surface area contributed by atoms with Crippen LogP contribution in [0.4, 0.5) is 5.95 Å². The van der Waals surface area contributed by atoms with E-state index in [0.717, 1.165) is 30.8 Å². The standard InChI is InChI=1S/C19H33N7S/c1-8-20-17(27)25-16(24-15-21-12(2)9-13(3)22-15)23-14-10-18(4,5)26-19(6,7)11-14/h9,14,26H,8,10-11H2,1-7H3,(H3,20,21,22,23,24,25,27). The number of anilines is 1. The van der Waals surface area contributed by atoms with Gasteiger partial charge in [-0.3, -0.25) is 5.32 Å². The summed E-state index contributed by atoms with van der Waals surface area (Å²) >= 11 is 5.36. The lowest BCUT2D eigenvalue weighted by Gasteiger charge is -2.45. The van der Waals surface area contributed by atoms with Gasteiger partial charge in [-0.1, -0.05) is 0 Å². The van der Waals surface area contributed by atoms with Gasteiger partial charge in [0.1, 0.15) is 0 Å². The highest BCUT2D eigenvalue weighted by atomic mass is 32.1. The van der Waals surface area contributed by atoms with Gasteiger partial charge < -0.3 is 16.0 Å². The van der Waals surface area contributed by atoms with Gasteiger partial charge in [0.2, 0.25) is 11.9 Å². The summed E-state index contributed by atoms with van der Waals surface area (Å²) in [6, 6.07) is 2.10. The number of nitrogens with zero attached hydrogens (tertiary/aromatic N) is 3. The number of piperidine rings is 1. The molecule has 0 radical (unpaired) electrons. The second-order valence-corrected chi connectivity index (χ2v) is 8.92. The first-order valence-corrected chi connectivity index (χ1v) is 9.90. The van der Waals surface area contributed by atoms with E-state index in [4.69, 9.17) is 17.2 Å². The molecule has 0 amide bonds. The summed E-state index contributed by atoms with van der Waals surface area (Å²) < 4.78 is 0. The molecule has 8 heteroatoms. The zero-order valence-corrected chi connectivity index (χ0v) is 18.3. The van der Waals surface area contributed by atoms with E-state index in [2.05, 4.69) is 58.9 Å². The largest absolute Gasteiger partial charge is 0.363 e. The van der Waals surface area contributed by atoms with Crippen molar-refractivity contribution in [2.75, 3.05) is 11.9 Å². The molecule has 150 valence electrons. The fourth-order valence-electron chi connectivity index (χ4n) is 3.84. The first-order valence-electron chi connectivity index (χ1n) is 9.49. The number of hydrogen-bond acceptors (Lipinski definition) is 5. The van der Waals surface area contributed by atoms with Crippen LogP contribution < -0.4 is 21.3 Å². The number of aromatic nitrogens is 2. The maximum absolute atomic E-state index is 5.36. The smallest absolute Gasteiger partial charge is 0.229 e. The molecule has 7 nitrogen and oxygen atoms in total. The maximum Gasteiger partial charge on any atom is 0.229 e. The fraction of sp³-hybridized carbons (Fsp3) is 0.684. The van der Waals surface area contributed by atoms with Crippen molar-refractivity contribution in [1.29, 1.82) is 0 Å². The number of rotatable bonds is 3. The normalized spacial score (nSPS) is 19.4. The van der Waals surface area contributed by atoms with Crippen LogP contribution >= 0.6 is 12.2 Å². The minimum Gasteiger partial charge on any atom is -0.363 e. The second kappa shape index (κ2) is 8.48. The van der Waals surface area contributed by atoms with Crippen LogP contribution in [-0.2, 0) is 0 Å². The SMILES string of the molecule is CCNC(=S)NC(=NC1CC(C)(C)NC(C)(C)C1)Nc1nc(C)cc(C)n1. The van der Waals surface area contributed by atoms with Crippen LogP contribution in [0.25, 0.3) is 0 Å². The molecule has 0 aliphatic carbocycles. The predicted octanol–water partition coefficient (Wildman–Crippen LogP) is 2.65. The van der Waals surface area contributed by atoms with Crippen molar-refractivity contribution in [2.45, 2.75) is 78.4 Å². The summed E-state index contributed by atoms with van der Waals surface area (Å²) in [7, 11) is 0. The van der Waals surface area contributed by atoms with E-state index in [-0.39, 0.29) is 17.1 Å². The summed E-state index contributed by atoms with van der Waals surface area (Å²) in [5.41, 5.74) is 1.84. The third-order valence-corrected chi connectivity index (χ3v) is 4.51. The molecular weight excluding hydrogens is 358 g/mol. The summed E-state index contributed by atoms with van der Waals surface area (Å²) in [5.74, 6) is 1.09. The van der Waals surface area contributed by atoms with E-state index in [9.17, 15) is 0 Å². The van der Waals surface area contributed by atoms with Gasteiger partial charge in [-0.15, -0.1) is 0 Å². The Morgan fingerprint density at radius 3 is 2.26 bits per heavy atom. The Morgan fingerprint density at radius 2 is 1.74 bits per heavy atom. The molecule has 0 saturated carbocycles.